The molecule has 30 heavy (non-hydrogen) atoms. The minimum atomic E-state index is -0.370. The van der Waals surface area contributed by atoms with Crippen molar-refractivity contribution in [2.45, 2.75) is 6.92 Å². The van der Waals surface area contributed by atoms with Crippen LogP contribution in [-0.4, -0.2) is 25.2 Å². The van der Waals surface area contributed by atoms with Crippen molar-refractivity contribution in [3.63, 3.8) is 0 Å². The lowest BCUT2D eigenvalue weighted by molar-refractivity contribution is -0.115. The number of carbonyl (C=O) groups is 2. The second-order valence-corrected chi connectivity index (χ2v) is 6.74. The smallest absolute Gasteiger partial charge is 0.251 e. The van der Waals surface area contributed by atoms with Gasteiger partial charge >= 0.3 is 0 Å². The third-order valence-electron chi connectivity index (χ3n) is 4.41. The number of hydrogen-bond donors (Lipinski definition) is 2. The van der Waals surface area contributed by atoms with Gasteiger partial charge in [-0.3, -0.25) is 9.59 Å². The van der Waals surface area contributed by atoms with E-state index in [0.29, 0.717) is 28.5 Å². The van der Waals surface area contributed by atoms with Crippen molar-refractivity contribution in [2.75, 3.05) is 18.7 Å². The van der Waals surface area contributed by atoms with Gasteiger partial charge in [0.25, 0.3) is 5.91 Å². The first-order valence-electron chi connectivity index (χ1n) is 9.39. The summed E-state index contributed by atoms with van der Waals surface area (Å²) in [7, 11) is 0. The maximum absolute atomic E-state index is 12.2. The molecule has 0 atom stereocenters. The second kappa shape index (κ2) is 8.57. The number of amides is 2. The molecule has 0 radical (unpaired) electrons. The average Bonchev–Trinajstić information content (AvgIpc) is 3.21. The van der Waals surface area contributed by atoms with Crippen molar-refractivity contribution in [3.8, 4) is 23.0 Å². The van der Waals surface area contributed by atoms with Gasteiger partial charge < -0.3 is 24.8 Å². The van der Waals surface area contributed by atoms with Gasteiger partial charge in [-0.1, -0.05) is 12.1 Å². The van der Waals surface area contributed by atoms with E-state index in [-0.39, 0.29) is 25.2 Å². The Labute approximate surface area is 173 Å². The van der Waals surface area contributed by atoms with E-state index in [1.165, 1.54) is 0 Å². The Morgan fingerprint density at radius 2 is 1.73 bits per heavy atom. The molecule has 7 heteroatoms. The van der Waals surface area contributed by atoms with E-state index in [0.717, 1.165) is 11.3 Å². The summed E-state index contributed by atoms with van der Waals surface area (Å²) >= 11 is 0. The van der Waals surface area contributed by atoms with E-state index in [1.54, 1.807) is 42.5 Å². The Morgan fingerprint density at radius 1 is 0.933 bits per heavy atom. The van der Waals surface area contributed by atoms with Crippen LogP contribution in [0, 0.1) is 6.92 Å². The molecule has 1 aliphatic heterocycles. The number of nitrogens with one attached hydrogen (secondary N) is 2. The molecule has 1 heterocycles. The summed E-state index contributed by atoms with van der Waals surface area (Å²) in [5, 5.41) is 5.32. The molecular formula is C23H20N2O5. The lowest BCUT2D eigenvalue weighted by atomic mass is 10.2. The lowest BCUT2D eigenvalue weighted by Crippen LogP contribution is -2.32. The lowest BCUT2D eigenvalue weighted by Gasteiger charge is -2.09. The largest absolute Gasteiger partial charge is 0.457 e. The highest BCUT2D eigenvalue weighted by Crippen LogP contribution is 2.32. The van der Waals surface area contributed by atoms with E-state index >= 15 is 0 Å². The van der Waals surface area contributed by atoms with E-state index in [2.05, 4.69) is 10.6 Å². The molecule has 0 fully saturated rings. The molecule has 0 saturated carbocycles. The van der Waals surface area contributed by atoms with Gasteiger partial charge in [-0.05, 0) is 67.1 Å². The van der Waals surface area contributed by atoms with Gasteiger partial charge in [0.1, 0.15) is 11.5 Å². The summed E-state index contributed by atoms with van der Waals surface area (Å²) in [6, 6.07) is 19.6. The summed E-state index contributed by atoms with van der Waals surface area (Å²) < 4.78 is 16.3. The second-order valence-electron chi connectivity index (χ2n) is 6.74. The molecule has 7 nitrogen and oxygen atoms in total. The van der Waals surface area contributed by atoms with Crippen LogP contribution in [0.5, 0.6) is 23.0 Å². The van der Waals surface area contributed by atoms with Gasteiger partial charge in [-0.2, -0.15) is 0 Å². The molecule has 0 saturated heterocycles. The molecule has 0 spiro atoms. The standard InChI is InChI=1S/C23H20N2O5/c1-15-3-2-4-19(11-15)30-18-8-6-17(7-9-18)25-22(26)13-24-23(27)16-5-10-20-21(12-16)29-14-28-20/h2-12H,13-14H2,1H3,(H,24,27)(H,25,26). The molecule has 1 aliphatic rings. The monoisotopic (exact) mass is 404 g/mol. The van der Waals surface area contributed by atoms with E-state index < -0.39 is 0 Å². The Morgan fingerprint density at radius 3 is 2.53 bits per heavy atom. The van der Waals surface area contributed by atoms with E-state index in [1.807, 2.05) is 31.2 Å². The van der Waals surface area contributed by atoms with Gasteiger partial charge in [0, 0.05) is 11.3 Å². The van der Waals surface area contributed by atoms with Crippen molar-refractivity contribution < 1.29 is 23.8 Å². The molecule has 0 bridgehead atoms. The Balaban J connectivity index is 1.28. The molecule has 0 aromatic heterocycles. The average molecular weight is 404 g/mol. The first-order chi connectivity index (χ1) is 14.6. The van der Waals surface area contributed by atoms with Crippen LogP contribution in [0.15, 0.2) is 66.7 Å². The number of ether oxygens (including phenoxy) is 3. The normalized spacial score (nSPS) is 11.6. The minimum Gasteiger partial charge on any atom is -0.457 e. The Hall–Kier alpha value is -4.00. The van der Waals surface area contributed by atoms with Gasteiger partial charge in [0.15, 0.2) is 11.5 Å². The molecule has 0 aliphatic carbocycles. The summed E-state index contributed by atoms with van der Waals surface area (Å²) in [5.74, 6) is 1.81. The molecule has 3 aromatic carbocycles. The number of anilines is 1. The third-order valence-corrected chi connectivity index (χ3v) is 4.41. The van der Waals surface area contributed by atoms with Crippen LogP contribution in [0.2, 0.25) is 0 Å². The topological polar surface area (TPSA) is 85.9 Å². The maximum atomic E-state index is 12.2. The molecule has 152 valence electrons. The molecular weight excluding hydrogens is 384 g/mol. The highest BCUT2D eigenvalue weighted by molar-refractivity contribution is 5.99. The van der Waals surface area contributed by atoms with Crippen molar-refractivity contribution >= 4 is 17.5 Å². The number of fused-ring (bicyclic) bond motifs is 1. The fourth-order valence-corrected chi connectivity index (χ4v) is 2.93. The van der Waals surface area contributed by atoms with E-state index in [4.69, 9.17) is 14.2 Å². The fraction of sp³-hybridized carbons (Fsp3) is 0.130. The minimum absolute atomic E-state index is 0.137. The van der Waals surface area contributed by atoms with Crippen LogP contribution in [0.1, 0.15) is 15.9 Å². The highest BCUT2D eigenvalue weighted by atomic mass is 16.7. The van der Waals surface area contributed by atoms with Crippen LogP contribution >= 0.6 is 0 Å². The van der Waals surface area contributed by atoms with Crippen LogP contribution in [-0.2, 0) is 4.79 Å². The van der Waals surface area contributed by atoms with Gasteiger partial charge in [-0.15, -0.1) is 0 Å². The van der Waals surface area contributed by atoms with Crippen LogP contribution < -0.4 is 24.8 Å². The van der Waals surface area contributed by atoms with Crippen LogP contribution in [0.25, 0.3) is 0 Å². The number of benzene rings is 3. The highest BCUT2D eigenvalue weighted by Gasteiger charge is 2.16. The molecule has 2 amide bonds. The molecule has 2 N–H and O–H groups in total. The predicted octanol–water partition coefficient (Wildman–Crippen LogP) is 3.88. The van der Waals surface area contributed by atoms with Gasteiger partial charge in [-0.25, -0.2) is 0 Å². The molecule has 3 aromatic rings. The SMILES string of the molecule is Cc1cccc(Oc2ccc(NC(=O)CNC(=O)c3ccc4c(c3)OCO4)cc2)c1. The summed E-state index contributed by atoms with van der Waals surface area (Å²) in [6.45, 7) is 1.98. The Kier molecular flexibility index (Phi) is 5.52. The first kappa shape index (κ1) is 19.3. The van der Waals surface area contributed by atoms with Crippen LogP contribution in [0.4, 0.5) is 5.69 Å². The number of rotatable bonds is 6. The zero-order valence-electron chi connectivity index (χ0n) is 16.3. The fourth-order valence-electron chi connectivity index (χ4n) is 2.93. The molecule has 0 unspecified atom stereocenters. The summed E-state index contributed by atoms with van der Waals surface area (Å²) in [4.78, 5) is 24.4. The zero-order chi connectivity index (χ0) is 20.9. The third kappa shape index (κ3) is 4.70. The number of carbonyl (C=O) groups excluding carboxylic acids is 2. The van der Waals surface area contributed by atoms with Gasteiger partial charge in [0.05, 0.1) is 6.54 Å². The quantitative estimate of drug-likeness (QED) is 0.651. The Bertz CT molecular complexity index is 1080. The van der Waals surface area contributed by atoms with Crippen molar-refractivity contribution in [1.82, 2.24) is 5.32 Å². The maximum Gasteiger partial charge on any atom is 0.251 e. The first-order valence-corrected chi connectivity index (χ1v) is 9.39. The van der Waals surface area contributed by atoms with Gasteiger partial charge in [0.2, 0.25) is 12.7 Å². The molecule has 4 rings (SSSR count). The van der Waals surface area contributed by atoms with Crippen molar-refractivity contribution in [2.24, 2.45) is 0 Å². The van der Waals surface area contributed by atoms with Crippen molar-refractivity contribution in [3.05, 3.63) is 77.9 Å². The zero-order valence-corrected chi connectivity index (χ0v) is 16.3. The number of aryl methyl sites for hydroxylation is 1. The predicted molar refractivity (Wildman–Crippen MR) is 111 cm³/mol. The van der Waals surface area contributed by atoms with Crippen LogP contribution in [0.3, 0.4) is 0 Å². The van der Waals surface area contributed by atoms with E-state index in [9.17, 15) is 9.59 Å². The van der Waals surface area contributed by atoms with Crippen molar-refractivity contribution in [1.29, 1.82) is 0 Å². The summed E-state index contributed by atoms with van der Waals surface area (Å²) in [6.07, 6.45) is 0. The number of hydrogen-bond acceptors (Lipinski definition) is 5. The summed E-state index contributed by atoms with van der Waals surface area (Å²) in [5.41, 5.74) is 2.11.